The summed E-state index contributed by atoms with van der Waals surface area (Å²) in [4.78, 5) is 0. The number of halogens is 3. The van der Waals surface area contributed by atoms with Crippen molar-refractivity contribution in [2.45, 2.75) is 51.6 Å². The molecule has 3 heteroatoms. The summed E-state index contributed by atoms with van der Waals surface area (Å²) in [6.45, 7) is 6.53. The third-order valence-corrected chi connectivity index (χ3v) is 3.55. The quantitative estimate of drug-likeness (QED) is 0.684. The van der Waals surface area contributed by atoms with E-state index in [0.29, 0.717) is 0 Å². The Kier molecular flexibility index (Phi) is 2.99. The second-order valence-corrected chi connectivity index (χ2v) is 6.59. The summed E-state index contributed by atoms with van der Waals surface area (Å²) < 4.78 is 37.5. The molecule has 100 valence electrons. The Morgan fingerprint density at radius 1 is 1.00 bits per heavy atom. The van der Waals surface area contributed by atoms with Crippen LogP contribution in [0.1, 0.15) is 51.2 Å². The Bertz CT molecular complexity index is 417. The van der Waals surface area contributed by atoms with E-state index in [1.807, 2.05) is 0 Å². The molecule has 0 unspecified atom stereocenters. The van der Waals surface area contributed by atoms with Gasteiger partial charge in [-0.1, -0.05) is 32.9 Å². The number of benzene rings is 1. The summed E-state index contributed by atoms with van der Waals surface area (Å²) >= 11 is 0. The van der Waals surface area contributed by atoms with Gasteiger partial charge in [0.15, 0.2) is 0 Å². The van der Waals surface area contributed by atoms with Crippen LogP contribution < -0.4 is 0 Å². The first-order chi connectivity index (χ1) is 8.12. The Morgan fingerprint density at radius 3 is 1.83 bits per heavy atom. The van der Waals surface area contributed by atoms with Gasteiger partial charge in [-0.15, -0.1) is 0 Å². The predicted molar refractivity (Wildman–Crippen MR) is 66.4 cm³/mol. The maximum absolute atomic E-state index is 12.5. The first kappa shape index (κ1) is 13.4. The molecule has 0 nitrogen and oxygen atoms in total. The third-order valence-electron chi connectivity index (χ3n) is 3.55. The van der Waals surface area contributed by atoms with Gasteiger partial charge in [-0.25, -0.2) is 0 Å². The maximum Gasteiger partial charge on any atom is 0.416 e. The van der Waals surface area contributed by atoms with Gasteiger partial charge in [-0.05, 0) is 47.8 Å². The summed E-state index contributed by atoms with van der Waals surface area (Å²) in [5.74, 6) is 0. The number of rotatable bonds is 2. The number of alkyl halides is 3. The second kappa shape index (κ2) is 4.01. The van der Waals surface area contributed by atoms with Gasteiger partial charge in [0.05, 0.1) is 5.56 Å². The van der Waals surface area contributed by atoms with Gasteiger partial charge < -0.3 is 0 Å². The van der Waals surface area contributed by atoms with E-state index in [9.17, 15) is 13.2 Å². The van der Waals surface area contributed by atoms with E-state index >= 15 is 0 Å². The highest BCUT2D eigenvalue weighted by Gasteiger charge is 2.46. The molecule has 0 radical (unpaired) electrons. The lowest BCUT2D eigenvalue weighted by Gasteiger charge is -2.26. The first-order valence-corrected chi connectivity index (χ1v) is 6.30. The zero-order valence-electron chi connectivity index (χ0n) is 11.1. The van der Waals surface area contributed by atoms with Crippen LogP contribution in [0.2, 0.25) is 0 Å². The molecule has 1 aliphatic carbocycles. The molecule has 0 aromatic heterocycles. The highest BCUT2D eigenvalue weighted by Crippen LogP contribution is 2.55. The molecule has 18 heavy (non-hydrogen) atoms. The molecule has 1 aromatic carbocycles. The highest BCUT2D eigenvalue weighted by atomic mass is 19.4. The lowest BCUT2D eigenvalue weighted by Crippen LogP contribution is -2.17. The predicted octanol–water partition coefficient (Wildman–Crippen LogP) is 5.17. The van der Waals surface area contributed by atoms with Crippen LogP contribution in [0.15, 0.2) is 24.3 Å². The van der Waals surface area contributed by atoms with Gasteiger partial charge in [0.25, 0.3) is 0 Å². The molecule has 2 rings (SSSR count). The summed E-state index contributed by atoms with van der Waals surface area (Å²) in [5, 5.41) is 0. The van der Waals surface area contributed by atoms with Crippen LogP contribution in [0.4, 0.5) is 13.2 Å². The van der Waals surface area contributed by atoms with Gasteiger partial charge in [0.2, 0.25) is 0 Å². The van der Waals surface area contributed by atoms with Gasteiger partial charge in [-0.2, -0.15) is 13.2 Å². The maximum atomic E-state index is 12.5. The second-order valence-electron chi connectivity index (χ2n) is 6.59. The van der Waals surface area contributed by atoms with Crippen LogP contribution >= 0.6 is 0 Å². The van der Waals surface area contributed by atoms with Crippen molar-refractivity contribution in [1.29, 1.82) is 0 Å². The molecule has 0 heterocycles. The van der Waals surface area contributed by atoms with Crippen LogP contribution in [0.3, 0.4) is 0 Å². The van der Waals surface area contributed by atoms with E-state index in [0.717, 1.165) is 24.8 Å². The van der Waals surface area contributed by atoms with Crippen molar-refractivity contribution < 1.29 is 13.2 Å². The Balaban J connectivity index is 2.20. The topological polar surface area (TPSA) is 0 Å². The molecule has 0 spiro atoms. The van der Waals surface area contributed by atoms with Crippen molar-refractivity contribution in [2.75, 3.05) is 0 Å². The van der Waals surface area contributed by atoms with Crippen LogP contribution in [-0.2, 0) is 11.6 Å². The average Bonchev–Trinajstić information content (AvgIpc) is 2.95. The Hall–Kier alpha value is -0.990. The van der Waals surface area contributed by atoms with E-state index in [4.69, 9.17) is 0 Å². The van der Waals surface area contributed by atoms with Crippen molar-refractivity contribution in [3.05, 3.63) is 35.4 Å². The molecule has 0 amide bonds. The molecule has 0 N–H and O–H groups in total. The molecule has 1 aromatic rings. The molecule has 1 fully saturated rings. The lowest BCUT2D eigenvalue weighted by molar-refractivity contribution is -0.137. The van der Waals surface area contributed by atoms with Crippen LogP contribution in [0.25, 0.3) is 0 Å². The zero-order chi connectivity index (χ0) is 13.6. The fourth-order valence-electron chi connectivity index (χ4n) is 2.75. The molecule has 0 aliphatic heterocycles. The van der Waals surface area contributed by atoms with Crippen molar-refractivity contribution >= 4 is 0 Å². The van der Waals surface area contributed by atoms with E-state index in [1.165, 1.54) is 12.1 Å². The summed E-state index contributed by atoms with van der Waals surface area (Å²) in [6, 6.07) is 5.72. The fourth-order valence-corrected chi connectivity index (χ4v) is 2.75. The monoisotopic (exact) mass is 256 g/mol. The summed E-state index contributed by atoms with van der Waals surface area (Å²) in [6.07, 6.45) is -1.02. The number of hydrogen-bond donors (Lipinski definition) is 0. The average molecular weight is 256 g/mol. The molecule has 1 aliphatic rings. The van der Waals surface area contributed by atoms with Gasteiger partial charge in [0.1, 0.15) is 0 Å². The Morgan fingerprint density at radius 2 is 1.50 bits per heavy atom. The van der Waals surface area contributed by atoms with E-state index in [-0.39, 0.29) is 10.8 Å². The molecular formula is C15H19F3. The molecular weight excluding hydrogens is 237 g/mol. The normalized spacial score (nSPS) is 18.8. The first-order valence-electron chi connectivity index (χ1n) is 6.30. The standard InChI is InChI=1S/C15H19F3/c1-13(2,3)10-14(8-9-14)11-4-6-12(7-5-11)15(16,17)18/h4-7H,8-10H2,1-3H3. The minimum Gasteiger partial charge on any atom is -0.166 e. The zero-order valence-corrected chi connectivity index (χ0v) is 11.1. The molecule has 0 saturated heterocycles. The Labute approximate surface area is 106 Å². The molecule has 0 atom stereocenters. The molecule has 1 saturated carbocycles. The lowest BCUT2D eigenvalue weighted by atomic mass is 9.79. The fraction of sp³-hybridized carbons (Fsp3) is 0.600. The largest absolute Gasteiger partial charge is 0.416 e. The van der Waals surface area contributed by atoms with Gasteiger partial charge >= 0.3 is 6.18 Å². The molecule has 0 bridgehead atoms. The van der Waals surface area contributed by atoms with E-state index in [2.05, 4.69) is 20.8 Å². The third kappa shape index (κ3) is 2.88. The number of hydrogen-bond acceptors (Lipinski definition) is 0. The van der Waals surface area contributed by atoms with E-state index < -0.39 is 11.7 Å². The minimum atomic E-state index is -4.24. The van der Waals surface area contributed by atoms with Crippen molar-refractivity contribution in [3.8, 4) is 0 Å². The minimum absolute atomic E-state index is 0.127. The van der Waals surface area contributed by atoms with Crippen LogP contribution in [-0.4, -0.2) is 0 Å². The SMILES string of the molecule is CC(C)(C)CC1(c2ccc(C(F)(F)F)cc2)CC1. The van der Waals surface area contributed by atoms with Crippen LogP contribution in [0, 0.1) is 5.41 Å². The van der Waals surface area contributed by atoms with Crippen LogP contribution in [0.5, 0.6) is 0 Å². The summed E-state index contributed by atoms with van der Waals surface area (Å²) in [5.41, 5.74) is 0.838. The van der Waals surface area contributed by atoms with Crippen molar-refractivity contribution in [3.63, 3.8) is 0 Å². The highest BCUT2D eigenvalue weighted by molar-refractivity contribution is 5.34. The van der Waals surface area contributed by atoms with Gasteiger partial charge in [-0.3, -0.25) is 0 Å². The van der Waals surface area contributed by atoms with Crippen molar-refractivity contribution in [2.24, 2.45) is 5.41 Å². The van der Waals surface area contributed by atoms with Crippen molar-refractivity contribution in [1.82, 2.24) is 0 Å². The summed E-state index contributed by atoms with van der Waals surface area (Å²) in [7, 11) is 0. The van der Waals surface area contributed by atoms with Gasteiger partial charge in [0, 0.05) is 0 Å². The van der Waals surface area contributed by atoms with E-state index in [1.54, 1.807) is 12.1 Å². The smallest absolute Gasteiger partial charge is 0.166 e.